The van der Waals surface area contributed by atoms with E-state index in [4.69, 9.17) is 11.0 Å². The summed E-state index contributed by atoms with van der Waals surface area (Å²) in [7, 11) is -3.72. The molecule has 3 N–H and O–H groups in total. The SMILES string of the molecule is CC(C)S(=O)(=O)n1c(N)nc2ccc(NC(=O)c3cccc(C#N)c3)cc21. The molecule has 3 aromatic rings. The zero-order valence-corrected chi connectivity index (χ0v) is 15.5. The van der Waals surface area contributed by atoms with Crippen LogP contribution in [0.2, 0.25) is 0 Å². The number of nitrogens with two attached hydrogens (primary N) is 1. The lowest BCUT2D eigenvalue weighted by Gasteiger charge is -2.12. The molecule has 0 unspecified atom stereocenters. The smallest absolute Gasteiger partial charge is 0.255 e. The molecule has 0 aliphatic heterocycles. The number of nitriles is 1. The van der Waals surface area contributed by atoms with E-state index in [9.17, 15) is 13.2 Å². The van der Waals surface area contributed by atoms with E-state index in [0.717, 1.165) is 3.97 Å². The van der Waals surface area contributed by atoms with Gasteiger partial charge >= 0.3 is 0 Å². The maximum atomic E-state index is 12.6. The Morgan fingerprint density at radius 1 is 1.26 bits per heavy atom. The Morgan fingerprint density at radius 2 is 2.00 bits per heavy atom. The number of hydrogen-bond donors (Lipinski definition) is 2. The highest BCUT2D eigenvalue weighted by Gasteiger charge is 2.24. The van der Waals surface area contributed by atoms with Gasteiger partial charge in [-0.15, -0.1) is 0 Å². The van der Waals surface area contributed by atoms with Crippen molar-refractivity contribution in [1.82, 2.24) is 8.96 Å². The molecule has 0 atom stereocenters. The second-order valence-electron chi connectivity index (χ2n) is 6.18. The molecule has 1 aromatic heterocycles. The summed E-state index contributed by atoms with van der Waals surface area (Å²) >= 11 is 0. The van der Waals surface area contributed by atoms with E-state index in [1.807, 2.05) is 6.07 Å². The van der Waals surface area contributed by atoms with Crippen molar-refractivity contribution < 1.29 is 13.2 Å². The molecule has 27 heavy (non-hydrogen) atoms. The Kier molecular flexibility index (Phi) is 4.59. The largest absolute Gasteiger partial charge is 0.368 e. The monoisotopic (exact) mass is 383 g/mol. The van der Waals surface area contributed by atoms with Gasteiger partial charge in [0.2, 0.25) is 16.0 Å². The predicted octanol–water partition coefficient (Wildman–Crippen LogP) is 2.33. The number of hydrogen-bond acceptors (Lipinski definition) is 6. The minimum Gasteiger partial charge on any atom is -0.368 e. The lowest BCUT2D eigenvalue weighted by atomic mass is 10.1. The second-order valence-corrected chi connectivity index (χ2v) is 8.52. The molecule has 8 nitrogen and oxygen atoms in total. The molecule has 0 radical (unpaired) electrons. The zero-order valence-electron chi connectivity index (χ0n) is 14.7. The number of anilines is 2. The molecule has 9 heteroatoms. The van der Waals surface area contributed by atoms with Crippen molar-refractivity contribution in [2.45, 2.75) is 19.1 Å². The quantitative estimate of drug-likeness (QED) is 0.711. The van der Waals surface area contributed by atoms with Crippen LogP contribution in [0.5, 0.6) is 0 Å². The Hall–Kier alpha value is -3.38. The van der Waals surface area contributed by atoms with Crippen molar-refractivity contribution >= 4 is 38.6 Å². The number of amides is 1. The highest BCUT2D eigenvalue weighted by Crippen LogP contribution is 2.25. The maximum absolute atomic E-state index is 12.6. The third-order valence-electron chi connectivity index (χ3n) is 4.00. The van der Waals surface area contributed by atoms with Gasteiger partial charge in [0.25, 0.3) is 5.91 Å². The normalized spacial score (nSPS) is 11.5. The van der Waals surface area contributed by atoms with Gasteiger partial charge in [-0.1, -0.05) is 6.07 Å². The van der Waals surface area contributed by atoms with Crippen molar-refractivity contribution in [3.63, 3.8) is 0 Å². The highest BCUT2D eigenvalue weighted by molar-refractivity contribution is 7.90. The fourth-order valence-corrected chi connectivity index (χ4v) is 3.71. The van der Waals surface area contributed by atoms with E-state index in [1.54, 1.807) is 44.2 Å². The van der Waals surface area contributed by atoms with E-state index < -0.39 is 21.2 Å². The van der Waals surface area contributed by atoms with Crippen LogP contribution >= 0.6 is 0 Å². The Morgan fingerprint density at radius 3 is 2.67 bits per heavy atom. The van der Waals surface area contributed by atoms with Crippen LogP contribution in [0.1, 0.15) is 29.8 Å². The summed E-state index contributed by atoms with van der Waals surface area (Å²) in [5, 5.41) is 10.9. The van der Waals surface area contributed by atoms with Crippen LogP contribution in [0.15, 0.2) is 42.5 Å². The minimum absolute atomic E-state index is 0.135. The molecule has 138 valence electrons. The summed E-state index contributed by atoms with van der Waals surface area (Å²) < 4.78 is 26.1. The first-order valence-corrected chi connectivity index (χ1v) is 9.58. The van der Waals surface area contributed by atoms with Gasteiger partial charge in [0.1, 0.15) is 0 Å². The van der Waals surface area contributed by atoms with Crippen LogP contribution in [-0.4, -0.2) is 28.5 Å². The number of carbonyl (C=O) groups excluding carboxylic acids is 1. The number of rotatable bonds is 4. The third kappa shape index (κ3) is 3.35. The third-order valence-corrected chi connectivity index (χ3v) is 6.08. The lowest BCUT2D eigenvalue weighted by molar-refractivity contribution is 0.102. The van der Waals surface area contributed by atoms with Crippen LogP contribution in [0.25, 0.3) is 11.0 Å². The van der Waals surface area contributed by atoms with Crippen molar-refractivity contribution in [3.05, 3.63) is 53.6 Å². The Labute approximate surface area is 156 Å². The lowest BCUT2D eigenvalue weighted by Crippen LogP contribution is -2.23. The highest BCUT2D eigenvalue weighted by atomic mass is 32.2. The van der Waals surface area contributed by atoms with E-state index in [0.29, 0.717) is 22.3 Å². The predicted molar refractivity (Wildman–Crippen MR) is 103 cm³/mol. The molecule has 0 fully saturated rings. The standard InChI is InChI=1S/C18H17N5O3S/c1-11(2)27(25,26)23-16-9-14(6-7-15(16)22-18(23)20)21-17(24)13-5-3-4-12(8-13)10-19/h3-9,11H,1-2H3,(H2,20,22)(H,21,24). The molecule has 0 spiro atoms. The van der Waals surface area contributed by atoms with Crippen LogP contribution in [0.3, 0.4) is 0 Å². The fraction of sp³-hybridized carbons (Fsp3) is 0.167. The van der Waals surface area contributed by atoms with Gasteiger partial charge in [-0.2, -0.15) is 5.26 Å². The van der Waals surface area contributed by atoms with Gasteiger partial charge in [0.15, 0.2) is 0 Å². The number of carbonyl (C=O) groups is 1. The molecule has 0 saturated heterocycles. The Balaban J connectivity index is 2.02. The number of fused-ring (bicyclic) bond motifs is 1. The number of nitrogens with zero attached hydrogens (tertiary/aromatic N) is 3. The molecule has 0 saturated carbocycles. The van der Waals surface area contributed by atoms with Gasteiger partial charge in [-0.25, -0.2) is 17.4 Å². The molecule has 0 bridgehead atoms. The molecular formula is C18H17N5O3S. The van der Waals surface area contributed by atoms with Crippen molar-refractivity contribution in [2.75, 3.05) is 11.1 Å². The van der Waals surface area contributed by atoms with Crippen LogP contribution in [0.4, 0.5) is 11.6 Å². The van der Waals surface area contributed by atoms with Gasteiger partial charge in [0.05, 0.1) is 27.9 Å². The van der Waals surface area contributed by atoms with Crippen LogP contribution in [-0.2, 0) is 10.0 Å². The van der Waals surface area contributed by atoms with Gasteiger partial charge in [0, 0.05) is 11.3 Å². The first-order chi connectivity index (χ1) is 12.7. The van der Waals surface area contributed by atoms with Gasteiger partial charge in [-0.05, 0) is 50.2 Å². The molecule has 0 aliphatic carbocycles. The number of aromatic nitrogens is 2. The van der Waals surface area contributed by atoms with Crippen molar-refractivity contribution in [2.24, 2.45) is 0 Å². The molecule has 1 amide bonds. The van der Waals surface area contributed by atoms with E-state index in [-0.39, 0.29) is 11.5 Å². The van der Waals surface area contributed by atoms with E-state index >= 15 is 0 Å². The number of imidazole rings is 1. The summed E-state index contributed by atoms with van der Waals surface area (Å²) in [5.74, 6) is -0.555. The van der Waals surface area contributed by atoms with Crippen molar-refractivity contribution in [1.29, 1.82) is 5.26 Å². The van der Waals surface area contributed by atoms with Crippen LogP contribution in [0, 0.1) is 11.3 Å². The zero-order chi connectivity index (χ0) is 19.8. The summed E-state index contributed by atoms with van der Waals surface area (Å²) in [5.41, 5.74) is 7.56. The number of nitrogen functional groups attached to an aromatic ring is 1. The van der Waals surface area contributed by atoms with E-state index in [2.05, 4.69) is 10.3 Å². The summed E-state index contributed by atoms with van der Waals surface area (Å²) in [6.45, 7) is 3.10. The first-order valence-electron chi connectivity index (χ1n) is 8.08. The first kappa shape index (κ1) is 18.4. The van der Waals surface area contributed by atoms with Crippen LogP contribution < -0.4 is 11.1 Å². The summed E-state index contributed by atoms with van der Waals surface area (Å²) in [6.07, 6.45) is 0. The minimum atomic E-state index is -3.72. The number of nitrogens with one attached hydrogen (secondary N) is 1. The molecule has 0 aliphatic rings. The Bertz CT molecular complexity index is 1190. The average molecular weight is 383 g/mol. The summed E-state index contributed by atoms with van der Waals surface area (Å²) in [6, 6.07) is 12.9. The molecule has 2 aromatic carbocycles. The molecular weight excluding hydrogens is 366 g/mol. The molecule has 1 heterocycles. The van der Waals surface area contributed by atoms with Crippen molar-refractivity contribution in [3.8, 4) is 6.07 Å². The maximum Gasteiger partial charge on any atom is 0.255 e. The fourth-order valence-electron chi connectivity index (χ4n) is 2.56. The van der Waals surface area contributed by atoms with E-state index in [1.165, 1.54) is 12.1 Å². The second kappa shape index (κ2) is 6.74. The number of benzene rings is 2. The summed E-state index contributed by atoms with van der Waals surface area (Å²) in [4.78, 5) is 16.5. The molecule has 3 rings (SSSR count). The average Bonchev–Trinajstić information content (AvgIpc) is 2.97. The van der Waals surface area contributed by atoms with Gasteiger partial charge in [-0.3, -0.25) is 4.79 Å². The topological polar surface area (TPSA) is 131 Å². The van der Waals surface area contributed by atoms with Gasteiger partial charge < -0.3 is 11.1 Å².